The van der Waals surface area contributed by atoms with Gasteiger partial charge in [0.05, 0.1) is 0 Å². The van der Waals surface area contributed by atoms with Crippen molar-refractivity contribution in [1.29, 1.82) is 0 Å². The normalized spacial score (nSPS) is 10.5. The van der Waals surface area contributed by atoms with Gasteiger partial charge in [0.15, 0.2) is 5.41 Å². The fourth-order valence-electron chi connectivity index (χ4n) is 2.35. The zero-order valence-corrected chi connectivity index (χ0v) is 11.4. The van der Waals surface area contributed by atoms with Gasteiger partial charge in [-0.15, -0.1) is 0 Å². The van der Waals surface area contributed by atoms with Gasteiger partial charge < -0.3 is 10.2 Å². The van der Waals surface area contributed by atoms with Crippen molar-refractivity contribution in [2.45, 2.75) is 12.8 Å². The molecule has 2 aromatic rings. The van der Waals surface area contributed by atoms with Gasteiger partial charge in [-0.05, 0) is 24.0 Å². The third-order valence-electron chi connectivity index (χ3n) is 3.52. The molecule has 0 aliphatic heterocycles. The predicted molar refractivity (Wildman–Crippen MR) is 85.1 cm³/mol. The van der Waals surface area contributed by atoms with Gasteiger partial charge >= 0.3 is 30.8 Å². The molecular formula is C17H17LiO4. The second-order valence-corrected chi connectivity index (χ2v) is 5.02. The average molecular weight is 292 g/mol. The van der Waals surface area contributed by atoms with E-state index in [0.717, 1.165) is 0 Å². The van der Waals surface area contributed by atoms with Crippen molar-refractivity contribution < 1.29 is 19.8 Å². The summed E-state index contributed by atoms with van der Waals surface area (Å²) in [7, 11) is 0. The molecule has 5 heteroatoms. The minimum atomic E-state index is -1.86. The Hall–Kier alpha value is -2.02. The SMILES string of the molecule is O=C(O)C(Cc1ccccc1)(Cc1ccccc1)C(=O)O.[LiH]. The molecule has 0 bridgehead atoms. The fraction of sp³-hybridized carbons (Fsp3) is 0.176. The van der Waals surface area contributed by atoms with Gasteiger partial charge in [0.1, 0.15) is 0 Å². The first kappa shape index (κ1) is 18.0. The van der Waals surface area contributed by atoms with E-state index in [4.69, 9.17) is 0 Å². The molecule has 0 saturated heterocycles. The van der Waals surface area contributed by atoms with Crippen molar-refractivity contribution in [1.82, 2.24) is 0 Å². The van der Waals surface area contributed by atoms with Crippen LogP contribution in [-0.2, 0) is 22.4 Å². The zero-order chi connectivity index (χ0) is 15.3. The molecule has 110 valence electrons. The van der Waals surface area contributed by atoms with Crippen LogP contribution >= 0.6 is 0 Å². The van der Waals surface area contributed by atoms with Gasteiger partial charge in [0.2, 0.25) is 0 Å². The van der Waals surface area contributed by atoms with Crippen LogP contribution in [0.3, 0.4) is 0 Å². The molecule has 2 rings (SSSR count). The van der Waals surface area contributed by atoms with Gasteiger partial charge in [0, 0.05) is 0 Å². The Balaban J connectivity index is 0.00000242. The van der Waals surface area contributed by atoms with Crippen molar-refractivity contribution in [3.63, 3.8) is 0 Å². The van der Waals surface area contributed by atoms with E-state index < -0.39 is 17.4 Å². The van der Waals surface area contributed by atoms with E-state index in [2.05, 4.69) is 0 Å². The molecule has 2 N–H and O–H groups in total. The number of rotatable bonds is 6. The van der Waals surface area contributed by atoms with E-state index in [1.54, 1.807) is 48.5 Å². The number of benzene rings is 2. The molecule has 2 aromatic carbocycles. The fourth-order valence-corrected chi connectivity index (χ4v) is 2.35. The Morgan fingerprint density at radius 3 is 1.32 bits per heavy atom. The van der Waals surface area contributed by atoms with Gasteiger partial charge in [-0.1, -0.05) is 60.7 Å². The first-order chi connectivity index (χ1) is 10.0. The number of hydrogen-bond donors (Lipinski definition) is 2. The third kappa shape index (κ3) is 4.00. The number of aliphatic carboxylic acids is 2. The van der Waals surface area contributed by atoms with Gasteiger partial charge in [-0.25, -0.2) is 0 Å². The molecule has 0 spiro atoms. The molecule has 0 aliphatic rings. The quantitative estimate of drug-likeness (QED) is 0.630. The summed E-state index contributed by atoms with van der Waals surface area (Å²) in [5.41, 5.74) is -0.473. The maximum atomic E-state index is 11.7. The molecule has 0 atom stereocenters. The van der Waals surface area contributed by atoms with E-state index in [1.165, 1.54) is 0 Å². The van der Waals surface area contributed by atoms with Gasteiger partial charge in [-0.3, -0.25) is 9.59 Å². The molecule has 0 unspecified atom stereocenters. The molecule has 0 heterocycles. The number of carboxylic acids is 2. The Kier molecular flexibility index (Phi) is 6.42. The summed E-state index contributed by atoms with van der Waals surface area (Å²) >= 11 is 0. The Morgan fingerprint density at radius 2 is 1.05 bits per heavy atom. The summed E-state index contributed by atoms with van der Waals surface area (Å²) in [6.07, 6.45) is -0.0964. The third-order valence-corrected chi connectivity index (χ3v) is 3.52. The van der Waals surface area contributed by atoms with E-state index in [-0.39, 0.29) is 31.7 Å². The topological polar surface area (TPSA) is 74.6 Å². The Morgan fingerprint density at radius 1 is 0.727 bits per heavy atom. The Bertz CT molecular complexity index is 568. The molecule has 4 nitrogen and oxygen atoms in total. The monoisotopic (exact) mass is 292 g/mol. The second-order valence-electron chi connectivity index (χ2n) is 5.02. The zero-order valence-electron chi connectivity index (χ0n) is 11.4. The van der Waals surface area contributed by atoms with Crippen LogP contribution in [0.4, 0.5) is 0 Å². The molecule has 0 saturated carbocycles. The van der Waals surface area contributed by atoms with Crippen LogP contribution in [-0.4, -0.2) is 41.0 Å². The van der Waals surface area contributed by atoms with Crippen molar-refractivity contribution in [2.24, 2.45) is 5.41 Å². The van der Waals surface area contributed by atoms with Crippen molar-refractivity contribution in [2.75, 3.05) is 0 Å². The van der Waals surface area contributed by atoms with E-state index in [0.29, 0.717) is 11.1 Å². The van der Waals surface area contributed by atoms with Crippen molar-refractivity contribution >= 4 is 30.8 Å². The molecule has 0 aliphatic carbocycles. The summed E-state index contributed by atoms with van der Waals surface area (Å²) in [6.45, 7) is 0. The molecule has 0 aromatic heterocycles. The number of carboxylic acid groups (broad SMARTS) is 2. The number of carbonyl (C=O) groups is 2. The van der Waals surface area contributed by atoms with Crippen molar-refractivity contribution in [3.8, 4) is 0 Å². The van der Waals surface area contributed by atoms with Crippen LogP contribution in [0.1, 0.15) is 11.1 Å². The standard InChI is InChI=1S/C17H16O4.Li.H/c18-15(19)17(16(20)21,11-13-7-3-1-4-8-13)12-14-9-5-2-6-10-14;;/h1-10H,11-12H2,(H,18,19)(H,20,21);;. The molecule has 0 radical (unpaired) electrons. The van der Waals surface area contributed by atoms with Crippen molar-refractivity contribution in [3.05, 3.63) is 71.8 Å². The summed E-state index contributed by atoms with van der Waals surface area (Å²) in [5.74, 6) is -2.63. The molecular weight excluding hydrogens is 275 g/mol. The van der Waals surface area contributed by atoms with E-state index >= 15 is 0 Å². The Labute approximate surface area is 141 Å². The summed E-state index contributed by atoms with van der Waals surface area (Å²) < 4.78 is 0. The summed E-state index contributed by atoms with van der Waals surface area (Å²) in [6, 6.07) is 17.7. The van der Waals surface area contributed by atoms with E-state index in [1.807, 2.05) is 12.1 Å². The first-order valence-corrected chi connectivity index (χ1v) is 6.59. The minimum absolute atomic E-state index is 0. The molecule has 22 heavy (non-hydrogen) atoms. The van der Waals surface area contributed by atoms with Crippen LogP contribution in [0.5, 0.6) is 0 Å². The second kappa shape index (κ2) is 7.84. The van der Waals surface area contributed by atoms with Crippen LogP contribution in [0.25, 0.3) is 0 Å². The van der Waals surface area contributed by atoms with Crippen LogP contribution in [0.2, 0.25) is 0 Å². The van der Waals surface area contributed by atoms with Crippen LogP contribution in [0, 0.1) is 5.41 Å². The molecule has 0 fully saturated rings. The predicted octanol–water partition coefficient (Wildman–Crippen LogP) is 1.98. The summed E-state index contributed by atoms with van der Waals surface area (Å²) in [5, 5.41) is 19.1. The van der Waals surface area contributed by atoms with E-state index in [9.17, 15) is 19.8 Å². The average Bonchev–Trinajstić information content (AvgIpc) is 2.48. The van der Waals surface area contributed by atoms with Crippen LogP contribution < -0.4 is 0 Å². The first-order valence-electron chi connectivity index (χ1n) is 6.59. The van der Waals surface area contributed by atoms with Gasteiger partial charge in [0.25, 0.3) is 0 Å². The number of hydrogen-bond acceptors (Lipinski definition) is 2. The van der Waals surface area contributed by atoms with Crippen LogP contribution in [0.15, 0.2) is 60.7 Å². The van der Waals surface area contributed by atoms with Gasteiger partial charge in [-0.2, -0.15) is 0 Å². The molecule has 0 amide bonds. The maximum absolute atomic E-state index is 11.7. The summed E-state index contributed by atoms with van der Waals surface area (Å²) in [4.78, 5) is 23.4.